The predicted octanol–water partition coefficient (Wildman–Crippen LogP) is 5.96. The first-order valence-electron chi connectivity index (χ1n) is 12.2. The summed E-state index contributed by atoms with van der Waals surface area (Å²) in [5.41, 5.74) is 1.95. The van der Waals surface area contributed by atoms with Crippen LogP contribution < -0.4 is 4.74 Å². The average molecular weight is 532 g/mol. The fraction of sp³-hybridized carbons (Fsp3) is 0.444. The molecule has 0 saturated carbocycles. The topological polar surface area (TPSA) is 75.5 Å². The van der Waals surface area contributed by atoms with E-state index >= 15 is 0 Å². The second-order valence-corrected chi connectivity index (χ2v) is 10.8. The molecule has 6 nitrogen and oxygen atoms in total. The number of nitrogens with zero attached hydrogens (tertiary/aromatic N) is 3. The predicted molar refractivity (Wildman–Crippen MR) is 141 cm³/mol. The van der Waals surface area contributed by atoms with Crippen LogP contribution in [0.1, 0.15) is 31.2 Å². The van der Waals surface area contributed by atoms with Gasteiger partial charge in [-0.05, 0) is 73.9 Å². The highest BCUT2D eigenvalue weighted by atomic mass is 35.5. The van der Waals surface area contributed by atoms with Crippen LogP contribution in [0, 0.1) is 17.7 Å². The summed E-state index contributed by atoms with van der Waals surface area (Å²) in [5.74, 6) is 0.996. The van der Waals surface area contributed by atoms with Crippen molar-refractivity contribution < 1.29 is 19.0 Å². The lowest BCUT2D eigenvalue weighted by molar-refractivity contribution is -0.139. The number of aryl methyl sites for hydroxylation is 1. The van der Waals surface area contributed by atoms with Gasteiger partial charge in [-0.3, -0.25) is 9.78 Å². The lowest BCUT2D eigenvalue weighted by atomic mass is 9.80. The number of rotatable bonds is 11. The number of hydrogen-bond donors (Lipinski definition) is 1. The van der Waals surface area contributed by atoms with Gasteiger partial charge in [0.05, 0.1) is 22.7 Å². The van der Waals surface area contributed by atoms with Crippen LogP contribution in [0.15, 0.2) is 47.8 Å². The Kier molecular flexibility index (Phi) is 9.40. The van der Waals surface area contributed by atoms with Gasteiger partial charge in [-0.25, -0.2) is 9.37 Å². The van der Waals surface area contributed by atoms with Crippen molar-refractivity contribution in [1.29, 1.82) is 0 Å². The fourth-order valence-electron chi connectivity index (χ4n) is 5.06. The molecule has 3 aromatic rings. The van der Waals surface area contributed by atoms with Crippen LogP contribution in [0.5, 0.6) is 5.75 Å². The quantitative estimate of drug-likeness (QED) is 0.306. The summed E-state index contributed by atoms with van der Waals surface area (Å²) in [6.07, 6.45) is 7.02. The first kappa shape index (κ1) is 26.6. The number of aliphatic carboxylic acids is 1. The molecule has 0 spiro atoms. The van der Waals surface area contributed by atoms with Gasteiger partial charge >= 0.3 is 5.97 Å². The number of fused-ring (bicyclic) bond motifs is 1. The molecule has 2 atom stereocenters. The molecule has 0 aliphatic carbocycles. The van der Waals surface area contributed by atoms with Crippen LogP contribution in [-0.2, 0) is 11.2 Å². The maximum absolute atomic E-state index is 13.4. The number of thioether (sulfide) groups is 1. The third-order valence-corrected chi connectivity index (χ3v) is 8.13. The number of carboxylic acid groups (broad SMARTS) is 1. The molecule has 36 heavy (non-hydrogen) atoms. The third-order valence-electron chi connectivity index (χ3n) is 6.90. The molecule has 1 aromatic carbocycles. The molecule has 1 aliphatic heterocycles. The van der Waals surface area contributed by atoms with Crippen LogP contribution in [-0.4, -0.2) is 58.4 Å². The minimum absolute atomic E-state index is 0.110. The van der Waals surface area contributed by atoms with Crippen molar-refractivity contribution in [3.8, 4) is 5.75 Å². The summed E-state index contributed by atoms with van der Waals surface area (Å²) in [4.78, 5) is 22.5. The Morgan fingerprint density at radius 2 is 2.14 bits per heavy atom. The molecule has 2 aromatic heterocycles. The van der Waals surface area contributed by atoms with E-state index in [4.69, 9.17) is 16.3 Å². The van der Waals surface area contributed by atoms with Crippen LogP contribution in [0.25, 0.3) is 10.9 Å². The molecule has 2 unspecified atom stereocenters. The molecule has 4 rings (SSSR count). The van der Waals surface area contributed by atoms with E-state index in [2.05, 4.69) is 14.9 Å². The maximum atomic E-state index is 13.4. The molecule has 1 aliphatic rings. The van der Waals surface area contributed by atoms with Crippen LogP contribution in [0.3, 0.4) is 0 Å². The SMILES string of the molecule is COc1ccc2ncc(Cl)c(CCCC3CCN(CCSc4cc(F)ccn4)CC3CC(=O)O)c2c1. The maximum Gasteiger partial charge on any atom is 0.303 e. The van der Waals surface area contributed by atoms with Crippen LogP contribution in [0.2, 0.25) is 5.02 Å². The van der Waals surface area contributed by atoms with Crippen molar-refractivity contribution in [1.82, 2.24) is 14.9 Å². The van der Waals surface area contributed by atoms with Gasteiger partial charge in [-0.15, -0.1) is 11.8 Å². The lowest BCUT2D eigenvalue weighted by Crippen LogP contribution is -2.42. The van der Waals surface area contributed by atoms with Crippen molar-refractivity contribution in [2.24, 2.45) is 11.8 Å². The molecule has 0 amide bonds. The van der Waals surface area contributed by atoms with E-state index in [0.717, 1.165) is 73.3 Å². The van der Waals surface area contributed by atoms with Crippen molar-refractivity contribution in [3.05, 3.63) is 59.1 Å². The monoisotopic (exact) mass is 531 g/mol. The van der Waals surface area contributed by atoms with Crippen LogP contribution in [0.4, 0.5) is 4.39 Å². The van der Waals surface area contributed by atoms with Gasteiger partial charge in [0.25, 0.3) is 0 Å². The Morgan fingerprint density at radius 1 is 1.28 bits per heavy atom. The number of carboxylic acids is 1. The summed E-state index contributed by atoms with van der Waals surface area (Å²) in [6, 6.07) is 8.60. The average Bonchev–Trinajstić information content (AvgIpc) is 2.86. The number of piperidine rings is 1. The first-order chi connectivity index (χ1) is 17.4. The standard InChI is InChI=1S/C27H31ClFN3O3S/c1-35-21-5-6-25-23(15-21)22(24(28)16-31-25)4-2-3-18-8-10-32(17-19(18)13-27(33)34)11-12-36-26-14-20(29)7-9-30-26/h5-7,9,14-16,18-19H,2-4,8,10-13,17H2,1H3,(H,33,34). The van der Waals surface area contributed by atoms with Crippen molar-refractivity contribution in [2.45, 2.75) is 37.1 Å². The van der Waals surface area contributed by atoms with E-state index in [9.17, 15) is 14.3 Å². The number of halogens is 2. The number of ether oxygens (including phenoxy) is 1. The van der Waals surface area contributed by atoms with Crippen molar-refractivity contribution >= 4 is 40.2 Å². The number of hydrogen-bond acceptors (Lipinski definition) is 6. The Balaban J connectivity index is 1.33. The van der Waals surface area contributed by atoms with Gasteiger partial charge in [0.1, 0.15) is 11.6 Å². The lowest BCUT2D eigenvalue weighted by Gasteiger charge is -2.38. The Labute approximate surface area is 220 Å². The van der Waals surface area contributed by atoms with Gasteiger partial charge in [-0.1, -0.05) is 11.6 Å². The summed E-state index contributed by atoms with van der Waals surface area (Å²) >= 11 is 8.05. The van der Waals surface area contributed by atoms with Gasteiger partial charge < -0.3 is 14.7 Å². The Morgan fingerprint density at radius 3 is 2.92 bits per heavy atom. The second-order valence-electron chi connectivity index (χ2n) is 9.23. The van der Waals surface area contributed by atoms with E-state index in [1.54, 1.807) is 13.3 Å². The highest BCUT2D eigenvalue weighted by molar-refractivity contribution is 7.99. The first-order valence-corrected chi connectivity index (χ1v) is 13.6. The number of likely N-dealkylation sites (tertiary alicyclic amines) is 1. The smallest absolute Gasteiger partial charge is 0.303 e. The van der Waals surface area contributed by atoms with Crippen molar-refractivity contribution in [3.63, 3.8) is 0 Å². The van der Waals surface area contributed by atoms with E-state index in [-0.39, 0.29) is 18.2 Å². The molecular formula is C27H31ClFN3O3S. The van der Waals surface area contributed by atoms with E-state index in [1.165, 1.54) is 30.1 Å². The van der Waals surface area contributed by atoms with Gasteiger partial charge in [-0.2, -0.15) is 0 Å². The number of carbonyl (C=O) groups is 1. The molecule has 0 radical (unpaired) electrons. The molecule has 1 N–H and O–H groups in total. The molecule has 9 heteroatoms. The minimum Gasteiger partial charge on any atom is -0.497 e. The second kappa shape index (κ2) is 12.7. The summed E-state index contributed by atoms with van der Waals surface area (Å²) in [6.45, 7) is 2.53. The van der Waals surface area contributed by atoms with Gasteiger partial charge in [0.2, 0.25) is 0 Å². The summed E-state index contributed by atoms with van der Waals surface area (Å²) in [5, 5.41) is 11.9. The highest BCUT2D eigenvalue weighted by Crippen LogP contribution is 2.33. The molecule has 192 valence electrons. The Hall–Kier alpha value is -2.42. The van der Waals surface area contributed by atoms with E-state index in [1.807, 2.05) is 18.2 Å². The number of aromatic nitrogens is 2. The molecular weight excluding hydrogens is 501 g/mol. The third kappa shape index (κ3) is 7.08. The minimum atomic E-state index is -0.750. The number of benzene rings is 1. The van der Waals surface area contributed by atoms with Gasteiger partial charge in [0, 0.05) is 49.1 Å². The zero-order valence-corrected chi connectivity index (χ0v) is 21.9. The number of pyridine rings is 2. The molecule has 1 fully saturated rings. The number of methoxy groups -OCH3 is 1. The van der Waals surface area contributed by atoms with Gasteiger partial charge in [0.15, 0.2) is 0 Å². The largest absolute Gasteiger partial charge is 0.497 e. The van der Waals surface area contributed by atoms with E-state index < -0.39 is 5.97 Å². The normalized spacial score (nSPS) is 18.4. The molecule has 3 heterocycles. The fourth-order valence-corrected chi connectivity index (χ4v) is 6.20. The van der Waals surface area contributed by atoms with Crippen LogP contribution >= 0.6 is 23.4 Å². The van der Waals surface area contributed by atoms with E-state index in [0.29, 0.717) is 16.0 Å². The summed E-state index contributed by atoms with van der Waals surface area (Å²) in [7, 11) is 1.64. The molecule has 1 saturated heterocycles. The Bertz CT molecular complexity index is 1200. The molecule has 0 bridgehead atoms. The highest BCUT2D eigenvalue weighted by Gasteiger charge is 2.30. The zero-order valence-electron chi connectivity index (χ0n) is 20.3. The van der Waals surface area contributed by atoms with Crippen molar-refractivity contribution in [2.75, 3.05) is 32.5 Å². The zero-order chi connectivity index (χ0) is 25.5. The summed E-state index contributed by atoms with van der Waals surface area (Å²) < 4.78 is 18.8.